The summed E-state index contributed by atoms with van der Waals surface area (Å²) in [6.45, 7) is 9.49. The molecular formula is C41H72O16. The fourth-order valence-corrected chi connectivity index (χ4v) is 13.0. The lowest BCUT2D eigenvalue weighted by Crippen LogP contribution is -2.68. The third-order valence-electron chi connectivity index (χ3n) is 16.0. The highest BCUT2D eigenvalue weighted by Crippen LogP contribution is 2.70. The summed E-state index contributed by atoms with van der Waals surface area (Å²) in [6, 6.07) is 0. The van der Waals surface area contributed by atoms with Gasteiger partial charge in [-0.05, 0) is 91.3 Å². The first-order valence-corrected chi connectivity index (χ1v) is 21.4. The molecule has 57 heavy (non-hydrogen) atoms. The topological polar surface area (TPSA) is 280 Å². The monoisotopic (exact) mass is 820 g/mol. The minimum absolute atomic E-state index is 0.00196. The summed E-state index contributed by atoms with van der Waals surface area (Å²) in [6.07, 6.45) is -12.3. The number of fused-ring (bicyclic) bond motifs is 5. The van der Waals surface area contributed by atoms with Gasteiger partial charge in [0.05, 0.1) is 49.8 Å². The van der Waals surface area contributed by atoms with Crippen molar-refractivity contribution in [2.75, 3.05) is 19.8 Å². The Balaban J connectivity index is 1.01. The quantitative estimate of drug-likeness (QED) is 0.0920. The van der Waals surface area contributed by atoms with E-state index in [1.54, 1.807) is 0 Å². The molecule has 0 amide bonds. The van der Waals surface area contributed by atoms with Crippen LogP contribution >= 0.6 is 0 Å². The molecule has 6 aliphatic rings. The Morgan fingerprint density at radius 2 is 1.30 bits per heavy atom. The third kappa shape index (κ3) is 8.23. The molecule has 2 aliphatic heterocycles. The van der Waals surface area contributed by atoms with Crippen LogP contribution in [0.5, 0.6) is 0 Å². The average Bonchev–Trinajstić information content (AvgIpc) is 3.68. The first-order chi connectivity index (χ1) is 26.7. The Kier molecular flexibility index (Phi) is 14.2. The second kappa shape index (κ2) is 17.6. The predicted molar refractivity (Wildman–Crippen MR) is 201 cm³/mol. The highest BCUT2D eigenvalue weighted by Gasteiger charge is 2.72. The van der Waals surface area contributed by atoms with Crippen LogP contribution in [0.2, 0.25) is 0 Å². The summed E-state index contributed by atoms with van der Waals surface area (Å²) in [4.78, 5) is 0. The van der Waals surface area contributed by atoms with Crippen molar-refractivity contribution in [1.82, 2.24) is 0 Å². The van der Waals surface area contributed by atoms with E-state index >= 15 is 0 Å². The molecule has 0 spiro atoms. The summed E-state index contributed by atoms with van der Waals surface area (Å²) >= 11 is 0. The van der Waals surface area contributed by atoms with Crippen molar-refractivity contribution < 1.29 is 80.2 Å². The minimum Gasteiger partial charge on any atom is -0.394 e. The molecule has 16 nitrogen and oxygen atoms in total. The van der Waals surface area contributed by atoms with E-state index in [1.165, 1.54) is 0 Å². The predicted octanol–water partition coefficient (Wildman–Crippen LogP) is -1.25. The van der Waals surface area contributed by atoms with Crippen molar-refractivity contribution in [3.05, 3.63) is 0 Å². The summed E-state index contributed by atoms with van der Waals surface area (Å²) in [5.74, 6) is -0.735. The van der Waals surface area contributed by atoms with E-state index in [9.17, 15) is 56.2 Å². The van der Waals surface area contributed by atoms with Crippen LogP contribution < -0.4 is 0 Å². The van der Waals surface area contributed by atoms with Crippen molar-refractivity contribution >= 4 is 0 Å². The first kappa shape index (κ1) is 45.9. The van der Waals surface area contributed by atoms with E-state index in [-0.39, 0.29) is 54.0 Å². The lowest BCUT2D eigenvalue weighted by molar-refractivity contribution is -0.264. The number of aliphatic hydroxyl groups is 12. The van der Waals surface area contributed by atoms with Crippen LogP contribution in [-0.2, 0) is 18.9 Å². The zero-order valence-corrected chi connectivity index (χ0v) is 34.1. The SMILES string of the molecule is CC(C)C(CCOC1OC(C(O)COC2OC(C(O)CO)C(O)C2O)C(O)C1O)CCC(C)C1[C@@H](O)[C@@H](O)C2[C@]1(C)CCC1[C@@]3(C)CC[C@H](O)CC3[C@@H](O)C[C@]12O. The van der Waals surface area contributed by atoms with Crippen LogP contribution in [0.1, 0.15) is 92.4 Å². The molecule has 6 rings (SSSR count). The number of aliphatic hydroxyl groups excluding tert-OH is 11. The van der Waals surface area contributed by atoms with Gasteiger partial charge in [-0.1, -0.05) is 41.0 Å². The molecule has 2 heterocycles. The minimum atomic E-state index is -1.57. The number of rotatable bonds is 15. The van der Waals surface area contributed by atoms with E-state index in [1.807, 2.05) is 0 Å². The Labute approximate surface area is 335 Å². The van der Waals surface area contributed by atoms with Crippen LogP contribution in [0.3, 0.4) is 0 Å². The number of hydrogen-bond donors (Lipinski definition) is 12. The average molecular weight is 821 g/mol. The molecule has 16 heteroatoms. The van der Waals surface area contributed by atoms with Gasteiger partial charge < -0.3 is 80.2 Å². The number of hydrogen-bond acceptors (Lipinski definition) is 16. The normalized spacial score (nSPS) is 50.6. The maximum atomic E-state index is 12.6. The van der Waals surface area contributed by atoms with Gasteiger partial charge in [0.1, 0.15) is 48.8 Å². The fourth-order valence-electron chi connectivity index (χ4n) is 13.0. The molecule has 2 saturated heterocycles. The molecular weight excluding hydrogens is 748 g/mol. The Hall–Kier alpha value is -0.640. The van der Waals surface area contributed by atoms with Crippen LogP contribution in [-0.4, -0.2) is 173 Å². The van der Waals surface area contributed by atoms with Gasteiger partial charge in [0, 0.05) is 12.3 Å². The smallest absolute Gasteiger partial charge is 0.186 e. The molecule has 0 aromatic heterocycles. The molecule has 16 unspecified atom stereocenters. The van der Waals surface area contributed by atoms with Gasteiger partial charge in [-0.2, -0.15) is 0 Å². The van der Waals surface area contributed by atoms with Crippen LogP contribution in [0.4, 0.5) is 0 Å². The Morgan fingerprint density at radius 1 is 0.702 bits per heavy atom. The summed E-state index contributed by atoms with van der Waals surface area (Å²) in [7, 11) is 0. The maximum Gasteiger partial charge on any atom is 0.186 e. The molecule has 4 saturated carbocycles. The molecule has 4 aliphatic carbocycles. The molecule has 0 aromatic rings. The molecule has 0 bridgehead atoms. The van der Waals surface area contributed by atoms with Gasteiger partial charge in [-0.3, -0.25) is 0 Å². The largest absolute Gasteiger partial charge is 0.394 e. The Morgan fingerprint density at radius 3 is 1.91 bits per heavy atom. The molecule has 332 valence electrons. The van der Waals surface area contributed by atoms with E-state index < -0.39 is 116 Å². The maximum absolute atomic E-state index is 12.6. The zero-order valence-electron chi connectivity index (χ0n) is 34.1. The standard InChI is InChI=1S/C41H72O16/c1-18(2)20(10-13-54-37-32(51)30(49)35(57-37)25(46)17-55-38-33(52)29(48)34(56-38)24(45)16-42)7-6-19(3)27-28(47)31(50)36-40(27,5)12-9-26-39(4)11-8-21(43)14-22(39)23(44)15-41(26,36)53/h18-38,42-53H,6-17H2,1-5H3/t19?,20?,21-,22?,23-,24?,25?,26?,27?,28+,29?,30?,31+,32?,33?,34?,35?,36?,37?,38?,39-,40+,41-/m0/s1. The van der Waals surface area contributed by atoms with E-state index in [0.717, 1.165) is 25.7 Å². The summed E-state index contributed by atoms with van der Waals surface area (Å²) in [5.41, 5.74) is -2.28. The highest BCUT2D eigenvalue weighted by molar-refractivity contribution is 5.21. The van der Waals surface area contributed by atoms with Crippen LogP contribution in [0.15, 0.2) is 0 Å². The summed E-state index contributed by atoms with van der Waals surface area (Å²) < 4.78 is 22.3. The molecule has 0 radical (unpaired) electrons. The second-order valence-corrected chi connectivity index (χ2v) is 19.7. The van der Waals surface area contributed by atoms with Crippen molar-refractivity contribution in [3.63, 3.8) is 0 Å². The lowest BCUT2D eigenvalue weighted by atomic mass is 9.42. The van der Waals surface area contributed by atoms with E-state index in [4.69, 9.17) is 24.1 Å². The lowest BCUT2D eigenvalue weighted by Gasteiger charge is -2.65. The van der Waals surface area contributed by atoms with Gasteiger partial charge in [0.2, 0.25) is 0 Å². The van der Waals surface area contributed by atoms with Gasteiger partial charge in [-0.15, -0.1) is 0 Å². The Bertz CT molecular complexity index is 1330. The van der Waals surface area contributed by atoms with Crippen LogP contribution in [0.25, 0.3) is 0 Å². The van der Waals surface area contributed by atoms with Crippen molar-refractivity contribution in [2.45, 2.75) is 184 Å². The second-order valence-electron chi connectivity index (χ2n) is 19.7. The molecule has 12 N–H and O–H groups in total. The van der Waals surface area contributed by atoms with Gasteiger partial charge in [0.15, 0.2) is 12.6 Å². The van der Waals surface area contributed by atoms with Crippen molar-refractivity contribution in [3.8, 4) is 0 Å². The molecule has 23 atom stereocenters. The number of ether oxygens (including phenoxy) is 4. The van der Waals surface area contributed by atoms with Crippen LogP contribution in [0, 0.1) is 52.3 Å². The highest BCUT2D eigenvalue weighted by atomic mass is 16.7. The van der Waals surface area contributed by atoms with E-state index in [2.05, 4.69) is 34.6 Å². The van der Waals surface area contributed by atoms with Crippen molar-refractivity contribution in [2.24, 2.45) is 52.3 Å². The molecule has 0 aromatic carbocycles. The first-order valence-electron chi connectivity index (χ1n) is 21.4. The van der Waals surface area contributed by atoms with Crippen molar-refractivity contribution in [1.29, 1.82) is 0 Å². The van der Waals surface area contributed by atoms with Gasteiger partial charge in [-0.25, -0.2) is 0 Å². The zero-order chi connectivity index (χ0) is 41.9. The third-order valence-corrected chi connectivity index (χ3v) is 16.0. The van der Waals surface area contributed by atoms with E-state index in [0.29, 0.717) is 25.7 Å². The fraction of sp³-hybridized carbons (Fsp3) is 1.00. The van der Waals surface area contributed by atoms with Gasteiger partial charge in [0.25, 0.3) is 0 Å². The summed E-state index contributed by atoms with van der Waals surface area (Å²) in [5, 5.41) is 129. The molecule has 6 fully saturated rings. The van der Waals surface area contributed by atoms with Gasteiger partial charge >= 0.3 is 0 Å².